The molecule has 2 heterocycles. The first-order valence-electron chi connectivity index (χ1n) is 11.6. The lowest BCUT2D eigenvalue weighted by Gasteiger charge is -2.21. The number of para-hydroxylation sites is 1. The third-order valence-corrected chi connectivity index (χ3v) is 6.22. The fraction of sp³-hybridized carbons (Fsp3) is 0.320. The summed E-state index contributed by atoms with van der Waals surface area (Å²) in [6, 6.07) is 11.5. The number of hydrogen-bond acceptors (Lipinski definition) is 6. The molecular weight excluding hydrogens is 486 g/mol. The van der Waals surface area contributed by atoms with Gasteiger partial charge in [0, 0.05) is 32.7 Å². The van der Waals surface area contributed by atoms with Gasteiger partial charge in [-0.05, 0) is 29.8 Å². The van der Waals surface area contributed by atoms with Crippen molar-refractivity contribution >= 4 is 17.8 Å². The highest BCUT2D eigenvalue weighted by molar-refractivity contribution is 6.04. The smallest absolute Gasteiger partial charge is 0.320 e. The summed E-state index contributed by atoms with van der Waals surface area (Å²) in [5, 5.41) is 9.87. The van der Waals surface area contributed by atoms with Gasteiger partial charge in [-0.2, -0.15) is 0 Å². The molecule has 12 heteroatoms. The van der Waals surface area contributed by atoms with Crippen LogP contribution in [0, 0.1) is 11.6 Å². The van der Waals surface area contributed by atoms with Crippen LogP contribution in [0.1, 0.15) is 21.8 Å². The maximum absolute atomic E-state index is 14.0. The van der Waals surface area contributed by atoms with Gasteiger partial charge in [-0.3, -0.25) is 15.0 Å². The van der Waals surface area contributed by atoms with Crippen molar-refractivity contribution in [2.75, 3.05) is 45.8 Å². The van der Waals surface area contributed by atoms with Gasteiger partial charge in [0.05, 0.1) is 25.4 Å². The molecule has 4 rings (SSSR count). The number of nitrogens with two attached hydrogens (primary N) is 1. The van der Waals surface area contributed by atoms with E-state index in [1.807, 2.05) is 6.07 Å². The predicted octanol–water partition coefficient (Wildman–Crippen LogP) is 2.49. The molecule has 1 aromatic heterocycles. The summed E-state index contributed by atoms with van der Waals surface area (Å²) in [4.78, 5) is 27.5. The molecule has 1 aliphatic rings. The van der Waals surface area contributed by atoms with Gasteiger partial charge in [-0.25, -0.2) is 18.3 Å². The summed E-state index contributed by atoms with van der Waals surface area (Å²) in [6.45, 7) is 2.02. The number of halogens is 2. The molecule has 10 nitrogen and oxygen atoms in total. The Kier molecular flexibility index (Phi) is 7.99. The molecule has 4 N–H and O–H groups in total. The van der Waals surface area contributed by atoms with Crippen molar-refractivity contribution in [2.45, 2.75) is 12.0 Å². The normalized spacial score (nSPS) is 17.5. The number of carbonyl (C=O) groups excluding carboxylic acids is 2. The van der Waals surface area contributed by atoms with Crippen LogP contribution >= 0.6 is 0 Å². The minimum atomic E-state index is -0.957. The molecule has 196 valence electrons. The van der Waals surface area contributed by atoms with Crippen molar-refractivity contribution < 1.29 is 27.8 Å². The minimum Gasteiger partial charge on any atom is -0.479 e. The lowest BCUT2D eigenvalue weighted by atomic mass is 9.94. The molecule has 0 saturated carbocycles. The van der Waals surface area contributed by atoms with Crippen LogP contribution in [0.4, 0.5) is 19.4 Å². The Morgan fingerprint density at radius 2 is 1.86 bits per heavy atom. The van der Waals surface area contributed by atoms with Crippen LogP contribution in [-0.4, -0.2) is 73.1 Å². The number of urea groups is 1. The zero-order valence-corrected chi connectivity index (χ0v) is 20.4. The molecule has 0 spiro atoms. The number of anilines is 1. The average Bonchev–Trinajstić information content (AvgIpc) is 3.46. The van der Waals surface area contributed by atoms with Crippen LogP contribution in [0.15, 0.2) is 48.5 Å². The lowest BCUT2D eigenvalue weighted by Crippen LogP contribution is -2.43. The first-order chi connectivity index (χ1) is 17.8. The highest BCUT2D eigenvalue weighted by Gasteiger charge is 2.36. The van der Waals surface area contributed by atoms with E-state index >= 15 is 0 Å². The summed E-state index contributed by atoms with van der Waals surface area (Å²) in [5.41, 5.74) is 6.61. The minimum absolute atomic E-state index is 0.0339. The Morgan fingerprint density at radius 3 is 2.51 bits per heavy atom. The fourth-order valence-electron chi connectivity index (χ4n) is 4.46. The van der Waals surface area contributed by atoms with Gasteiger partial charge >= 0.3 is 6.03 Å². The van der Waals surface area contributed by atoms with E-state index in [4.69, 9.17) is 15.2 Å². The molecule has 0 aliphatic carbocycles. The molecule has 2 unspecified atom stereocenters. The zero-order valence-electron chi connectivity index (χ0n) is 20.4. The molecule has 3 aromatic rings. The second-order valence-corrected chi connectivity index (χ2v) is 8.58. The Bertz CT molecular complexity index is 1270. The Balaban J connectivity index is 1.61. The quantitative estimate of drug-likeness (QED) is 0.403. The number of likely N-dealkylation sites (tertiary alicyclic amines) is 1. The standard InChI is InChI=1S/C25H28F2N6O4/c1-36-11-10-32-13-17(15-8-9-18(26)19(27)12-15)20(14-32)29-25(35)30-23-21(22(28)34)24(37-2)31-33(23)16-6-4-3-5-7-16/h3-9,12,17,20H,10-11,13-14H2,1-2H3,(H2,28,34)(H2,29,30,35). The van der Waals surface area contributed by atoms with E-state index in [1.165, 1.54) is 17.9 Å². The Labute approximate surface area is 212 Å². The number of nitrogens with one attached hydrogen (secondary N) is 2. The predicted molar refractivity (Wildman–Crippen MR) is 132 cm³/mol. The van der Waals surface area contributed by atoms with Crippen LogP contribution < -0.4 is 21.1 Å². The van der Waals surface area contributed by atoms with E-state index in [1.54, 1.807) is 31.4 Å². The number of methoxy groups -OCH3 is 2. The highest BCUT2D eigenvalue weighted by atomic mass is 19.2. The first-order valence-corrected chi connectivity index (χ1v) is 11.6. The van der Waals surface area contributed by atoms with E-state index in [9.17, 15) is 18.4 Å². The summed E-state index contributed by atoms with van der Waals surface area (Å²) in [6.07, 6.45) is 0. The van der Waals surface area contributed by atoms with Gasteiger partial charge in [-0.1, -0.05) is 24.3 Å². The molecule has 1 fully saturated rings. The van der Waals surface area contributed by atoms with Gasteiger partial charge in [0.25, 0.3) is 5.91 Å². The maximum Gasteiger partial charge on any atom is 0.320 e. The monoisotopic (exact) mass is 514 g/mol. The summed E-state index contributed by atoms with van der Waals surface area (Å²) < 4.78 is 39.3. The fourth-order valence-corrected chi connectivity index (χ4v) is 4.46. The van der Waals surface area contributed by atoms with E-state index in [0.29, 0.717) is 37.5 Å². The Morgan fingerprint density at radius 1 is 1.11 bits per heavy atom. The van der Waals surface area contributed by atoms with E-state index in [-0.39, 0.29) is 23.2 Å². The zero-order chi connectivity index (χ0) is 26.5. The SMILES string of the molecule is COCCN1CC(NC(=O)Nc2c(C(N)=O)c(OC)nn2-c2ccccc2)C(c2ccc(F)c(F)c2)C1. The van der Waals surface area contributed by atoms with Gasteiger partial charge < -0.3 is 20.5 Å². The second-order valence-electron chi connectivity index (χ2n) is 8.58. The van der Waals surface area contributed by atoms with Crippen LogP contribution in [0.3, 0.4) is 0 Å². The number of ether oxygens (including phenoxy) is 2. The third kappa shape index (κ3) is 5.70. The van der Waals surface area contributed by atoms with E-state index in [0.717, 1.165) is 12.1 Å². The molecule has 37 heavy (non-hydrogen) atoms. The van der Waals surface area contributed by atoms with Crippen molar-refractivity contribution in [1.29, 1.82) is 0 Å². The van der Waals surface area contributed by atoms with Crippen molar-refractivity contribution in [3.8, 4) is 11.6 Å². The largest absolute Gasteiger partial charge is 0.479 e. The molecule has 0 bridgehead atoms. The molecule has 2 atom stereocenters. The van der Waals surface area contributed by atoms with Crippen molar-refractivity contribution in [2.24, 2.45) is 5.73 Å². The molecule has 1 aliphatic heterocycles. The van der Waals surface area contributed by atoms with Crippen molar-refractivity contribution in [3.63, 3.8) is 0 Å². The number of primary amides is 1. The van der Waals surface area contributed by atoms with Gasteiger partial charge in [-0.15, -0.1) is 5.10 Å². The average molecular weight is 515 g/mol. The van der Waals surface area contributed by atoms with E-state index in [2.05, 4.69) is 20.6 Å². The lowest BCUT2D eigenvalue weighted by molar-refractivity contribution is 0.0998. The second kappa shape index (κ2) is 11.4. The summed E-state index contributed by atoms with van der Waals surface area (Å²) >= 11 is 0. The summed E-state index contributed by atoms with van der Waals surface area (Å²) in [7, 11) is 2.93. The maximum atomic E-state index is 14.0. The van der Waals surface area contributed by atoms with Gasteiger partial charge in [0.1, 0.15) is 5.56 Å². The number of benzene rings is 2. The first kappa shape index (κ1) is 26.0. The van der Waals surface area contributed by atoms with Crippen molar-refractivity contribution in [3.05, 3.63) is 71.3 Å². The van der Waals surface area contributed by atoms with Crippen LogP contribution in [-0.2, 0) is 4.74 Å². The number of hydrogen-bond donors (Lipinski definition) is 3. The molecule has 1 saturated heterocycles. The van der Waals surface area contributed by atoms with Gasteiger partial charge in [0.2, 0.25) is 5.88 Å². The van der Waals surface area contributed by atoms with Crippen LogP contribution in [0.2, 0.25) is 0 Å². The third-order valence-electron chi connectivity index (χ3n) is 6.22. The van der Waals surface area contributed by atoms with Crippen LogP contribution in [0.25, 0.3) is 5.69 Å². The van der Waals surface area contributed by atoms with Crippen LogP contribution in [0.5, 0.6) is 5.88 Å². The molecule has 0 radical (unpaired) electrons. The Hall–Kier alpha value is -4.03. The number of aromatic nitrogens is 2. The number of carbonyl (C=O) groups is 2. The topological polar surface area (TPSA) is 124 Å². The molecule has 3 amide bonds. The number of rotatable bonds is 9. The molecular formula is C25H28F2N6O4. The van der Waals surface area contributed by atoms with Gasteiger partial charge in [0.15, 0.2) is 17.5 Å². The van der Waals surface area contributed by atoms with Crippen molar-refractivity contribution in [1.82, 2.24) is 20.0 Å². The highest BCUT2D eigenvalue weighted by Crippen LogP contribution is 2.31. The molecule has 2 aromatic carbocycles. The number of amides is 3. The summed E-state index contributed by atoms with van der Waals surface area (Å²) in [5.74, 6) is -3.06. The van der Waals surface area contributed by atoms with E-state index < -0.39 is 29.6 Å². The number of nitrogens with zero attached hydrogens (tertiary/aromatic N) is 3.